The van der Waals surface area contributed by atoms with Gasteiger partial charge in [0.15, 0.2) is 0 Å². The maximum absolute atomic E-state index is 4.14. The van der Waals surface area contributed by atoms with Crippen molar-refractivity contribution in [1.82, 2.24) is 9.97 Å². The Labute approximate surface area is 104 Å². The summed E-state index contributed by atoms with van der Waals surface area (Å²) < 4.78 is 0. The van der Waals surface area contributed by atoms with E-state index in [4.69, 9.17) is 0 Å². The van der Waals surface area contributed by atoms with Crippen LogP contribution in [0.2, 0.25) is 0 Å². The van der Waals surface area contributed by atoms with Crippen LogP contribution >= 0.6 is 0 Å². The van der Waals surface area contributed by atoms with Gasteiger partial charge in [-0.3, -0.25) is 9.97 Å². The molecule has 2 aromatic rings. The van der Waals surface area contributed by atoms with E-state index in [0.717, 1.165) is 10.9 Å². The summed E-state index contributed by atoms with van der Waals surface area (Å²) >= 11 is 0. The SMILES string of the molecule is CC(C)(C)c1c[c-]c2ncncc2c1.[Re]. The van der Waals surface area contributed by atoms with Gasteiger partial charge in [0.1, 0.15) is 6.33 Å². The fourth-order valence-corrected chi connectivity index (χ4v) is 1.35. The van der Waals surface area contributed by atoms with Gasteiger partial charge >= 0.3 is 0 Å². The van der Waals surface area contributed by atoms with Crippen molar-refractivity contribution < 1.29 is 20.4 Å². The first-order valence-corrected chi connectivity index (χ1v) is 4.69. The zero-order valence-electron chi connectivity index (χ0n) is 9.08. The Morgan fingerprint density at radius 3 is 2.67 bits per heavy atom. The Kier molecular flexibility index (Phi) is 3.59. The van der Waals surface area contributed by atoms with Crippen molar-refractivity contribution in [2.75, 3.05) is 0 Å². The molecule has 15 heavy (non-hydrogen) atoms. The Bertz CT molecular complexity index is 460. The second-order valence-electron chi connectivity index (χ2n) is 4.47. The largest absolute Gasteiger partial charge is 0.263 e. The van der Waals surface area contributed by atoms with E-state index in [9.17, 15) is 0 Å². The molecule has 0 aliphatic rings. The summed E-state index contributed by atoms with van der Waals surface area (Å²) in [6.45, 7) is 6.56. The summed E-state index contributed by atoms with van der Waals surface area (Å²) in [6.07, 6.45) is 3.38. The first kappa shape index (κ1) is 12.3. The maximum atomic E-state index is 4.14. The minimum atomic E-state index is 0. The molecule has 0 fully saturated rings. The number of rotatable bonds is 0. The number of nitrogens with zero attached hydrogens (tertiary/aromatic N) is 2. The van der Waals surface area contributed by atoms with Crippen LogP contribution in [0.4, 0.5) is 0 Å². The van der Waals surface area contributed by atoms with Gasteiger partial charge < -0.3 is 0 Å². The predicted molar refractivity (Wildman–Crippen MR) is 57.1 cm³/mol. The smallest absolute Gasteiger partial charge is 0.112 e. The Morgan fingerprint density at radius 2 is 2.00 bits per heavy atom. The van der Waals surface area contributed by atoms with E-state index in [-0.39, 0.29) is 25.8 Å². The maximum Gasteiger partial charge on any atom is 0.112 e. The number of aromatic nitrogens is 2. The molecule has 0 N–H and O–H groups in total. The van der Waals surface area contributed by atoms with Crippen molar-refractivity contribution in [2.24, 2.45) is 0 Å². The Hall–Kier alpha value is -0.778. The van der Waals surface area contributed by atoms with Crippen molar-refractivity contribution in [3.8, 4) is 0 Å². The molecular weight excluding hydrogens is 358 g/mol. The fraction of sp³-hybridized carbons (Fsp3) is 0.333. The van der Waals surface area contributed by atoms with Crippen LogP contribution in [0.15, 0.2) is 24.7 Å². The molecule has 1 aromatic carbocycles. The summed E-state index contributed by atoms with van der Waals surface area (Å²) in [7, 11) is 0. The quantitative estimate of drug-likeness (QED) is 0.666. The zero-order valence-corrected chi connectivity index (χ0v) is 11.8. The van der Waals surface area contributed by atoms with E-state index in [0.29, 0.717) is 0 Å². The number of benzene rings is 1. The molecule has 0 unspecified atom stereocenters. The van der Waals surface area contributed by atoms with Gasteiger partial charge in [0.25, 0.3) is 0 Å². The molecule has 3 heteroatoms. The number of hydrogen-bond donors (Lipinski definition) is 0. The average molecular weight is 371 g/mol. The molecule has 1 aromatic heterocycles. The van der Waals surface area contributed by atoms with Crippen LogP contribution in [0.25, 0.3) is 10.9 Å². The van der Waals surface area contributed by atoms with E-state index in [1.54, 1.807) is 6.33 Å². The minimum absolute atomic E-state index is 0. The summed E-state index contributed by atoms with van der Waals surface area (Å²) in [4.78, 5) is 8.14. The molecule has 0 saturated carbocycles. The molecule has 0 saturated heterocycles. The van der Waals surface area contributed by atoms with Crippen LogP contribution in [0.1, 0.15) is 26.3 Å². The molecule has 2 rings (SSSR count). The predicted octanol–water partition coefficient (Wildman–Crippen LogP) is 2.72. The van der Waals surface area contributed by atoms with Crippen LogP contribution in [0.5, 0.6) is 0 Å². The Morgan fingerprint density at radius 1 is 1.27 bits per heavy atom. The van der Waals surface area contributed by atoms with Crippen molar-refractivity contribution >= 4 is 10.9 Å². The second kappa shape index (κ2) is 4.39. The van der Waals surface area contributed by atoms with Gasteiger partial charge in [-0.1, -0.05) is 31.6 Å². The second-order valence-corrected chi connectivity index (χ2v) is 4.47. The summed E-state index contributed by atoms with van der Waals surface area (Å²) in [5.41, 5.74) is 2.30. The first-order valence-electron chi connectivity index (χ1n) is 4.69. The van der Waals surface area contributed by atoms with Crippen molar-refractivity contribution in [2.45, 2.75) is 26.2 Å². The molecule has 2 nitrogen and oxygen atoms in total. The van der Waals surface area contributed by atoms with E-state index in [1.807, 2.05) is 12.3 Å². The van der Waals surface area contributed by atoms with Crippen molar-refractivity contribution in [1.29, 1.82) is 0 Å². The van der Waals surface area contributed by atoms with Gasteiger partial charge in [-0.15, -0.1) is 5.56 Å². The topological polar surface area (TPSA) is 25.8 Å². The van der Waals surface area contributed by atoms with Gasteiger partial charge in [-0.25, -0.2) is 0 Å². The fourth-order valence-electron chi connectivity index (χ4n) is 1.35. The molecule has 0 spiro atoms. The van der Waals surface area contributed by atoms with Gasteiger partial charge in [0, 0.05) is 20.4 Å². The standard InChI is InChI=1S/C12H13N2.Re/c1-12(2,3)10-4-5-11-9(6-10)7-13-8-14-11;/h4,6-8H,1-3H3;/q-1;. The van der Waals surface area contributed by atoms with Crippen LogP contribution in [-0.4, -0.2) is 9.97 Å². The third-order valence-corrected chi connectivity index (χ3v) is 2.28. The van der Waals surface area contributed by atoms with Gasteiger partial charge in [0.05, 0.1) is 0 Å². The summed E-state index contributed by atoms with van der Waals surface area (Å²) in [5, 5.41) is 1.06. The van der Waals surface area contributed by atoms with Crippen LogP contribution in [0, 0.1) is 6.07 Å². The molecule has 0 aliphatic carbocycles. The van der Waals surface area contributed by atoms with E-state index in [1.165, 1.54) is 5.56 Å². The molecule has 0 aliphatic heterocycles. The zero-order chi connectivity index (χ0) is 10.2. The minimum Gasteiger partial charge on any atom is -0.263 e. The molecular formula is C12H13N2Re-. The molecule has 79 valence electrons. The van der Waals surface area contributed by atoms with E-state index in [2.05, 4.69) is 42.9 Å². The van der Waals surface area contributed by atoms with Crippen LogP contribution in [-0.2, 0) is 25.8 Å². The van der Waals surface area contributed by atoms with E-state index < -0.39 is 0 Å². The number of fused-ring (bicyclic) bond motifs is 1. The van der Waals surface area contributed by atoms with Gasteiger partial charge in [-0.2, -0.15) is 18.2 Å². The van der Waals surface area contributed by atoms with Crippen molar-refractivity contribution in [3.05, 3.63) is 36.3 Å². The summed E-state index contributed by atoms with van der Waals surface area (Å²) in [5.74, 6) is 0. The molecule has 0 atom stereocenters. The normalized spacial score (nSPS) is 11.1. The monoisotopic (exact) mass is 372 g/mol. The third kappa shape index (κ3) is 2.62. The Balaban J connectivity index is 0.00000112. The molecule has 0 amide bonds. The van der Waals surface area contributed by atoms with Crippen molar-refractivity contribution in [3.63, 3.8) is 0 Å². The van der Waals surface area contributed by atoms with Gasteiger partial charge in [-0.05, 0) is 11.7 Å². The molecule has 1 radical (unpaired) electrons. The van der Waals surface area contributed by atoms with Crippen LogP contribution < -0.4 is 0 Å². The first-order chi connectivity index (χ1) is 6.57. The molecule has 1 heterocycles. The third-order valence-electron chi connectivity index (χ3n) is 2.28. The van der Waals surface area contributed by atoms with Crippen LogP contribution in [0.3, 0.4) is 0 Å². The number of hydrogen-bond acceptors (Lipinski definition) is 2. The van der Waals surface area contributed by atoms with Gasteiger partial charge in [0.2, 0.25) is 0 Å². The summed E-state index contributed by atoms with van der Waals surface area (Å²) in [6, 6.07) is 7.31. The molecule has 0 bridgehead atoms. The average Bonchev–Trinajstić information content (AvgIpc) is 2.16. The van der Waals surface area contributed by atoms with E-state index >= 15 is 0 Å².